The lowest BCUT2D eigenvalue weighted by molar-refractivity contribution is 0.0353. The molecule has 0 aliphatic rings. The molecule has 1 unspecified atom stereocenters. The van der Waals surface area contributed by atoms with Gasteiger partial charge in [-0.1, -0.05) is 38.3 Å². The number of hydrogen-bond donors (Lipinski definition) is 2. The first-order valence-electron chi connectivity index (χ1n) is 7.85. The first-order chi connectivity index (χ1) is 10.3. The van der Waals surface area contributed by atoms with Crippen molar-refractivity contribution in [3.05, 3.63) is 29.8 Å². The van der Waals surface area contributed by atoms with E-state index in [2.05, 4.69) is 12.2 Å². The summed E-state index contributed by atoms with van der Waals surface area (Å²) in [5.41, 5.74) is 1.17. The molecule has 1 rings (SSSR count). The van der Waals surface area contributed by atoms with Gasteiger partial charge in [-0.15, -0.1) is 0 Å². The SMILES string of the molecule is CCCCCCOCC(O)CNCc1ccc(OC)cc1. The lowest BCUT2D eigenvalue weighted by atomic mass is 10.2. The molecule has 2 N–H and O–H groups in total. The molecule has 1 atom stereocenters. The van der Waals surface area contributed by atoms with Gasteiger partial charge in [0.05, 0.1) is 19.8 Å². The highest BCUT2D eigenvalue weighted by molar-refractivity contribution is 5.26. The molecule has 0 saturated heterocycles. The molecular weight excluding hydrogens is 266 g/mol. The van der Waals surface area contributed by atoms with E-state index in [1.165, 1.54) is 24.8 Å². The average molecular weight is 295 g/mol. The lowest BCUT2D eigenvalue weighted by Gasteiger charge is -2.12. The Bertz CT molecular complexity index is 354. The van der Waals surface area contributed by atoms with Crippen molar-refractivity contribution in [3.8, 4) is 5.75 Å². The molecule has 0 bridgehead atoms. The Kier molecular flexibility index (Phi) is 9.87. The topological polar surface area (TPSA) is 50.7 Å². The summed E-state index contributed by atoms with van der Waals surface area (Å²) in [5, 5.41) is 13.0. The van der Waals surface area contributed by atoms with Gasteiger partial charge in [-0.25, -0.2) is 0 Å². The van der Waals surface area contributed by atoms with Crippen molar-refractivity contribution in [2.24, 2.45) is 0 Å². The van der Waals surface area contributed by atoms with Crippen LogP contribution in [0.5, 0.6) is 5.75 Å². The average Bonchev–Trinajstić information content (AvgIpc) is 2.51. The van der Waals surface area contributed by atoms with Gasteiger partial charge in [0.2, 0.25) is 0 Å². The van der Waals surface area contributed by atoms with Gasteiger partial charge in [0.15, 0.2) is 0 Å². The van der Waals surface area contributed by atoms with Crippen LogP contribution in [-0.2, 0) is 11.3 Å². The highest BCUT2D eigenvalue weighted by Gasteiger charge is 2.03. The molecule has 1 aromatic rings. The molecular formula is C17H29NO3. The summed E-state index contributed by atoms with van der Waals surface area (Å²) < 4.78 is 10.6. The maximum absolute atomic E-state index is 9.80. The summed E-state index contributed by atoms with van der Waals surface area (Å²) in [6, 6.07) is 7.91. The molecule has 0 heterocycles. The summed E-state index contributed by atoms with van der Waals surface area (Å²) >= 11 is 0. The van der Waals surface area contributed by atoms with Crippen LogP contribution in [0.25, 0.3) is 0 Å². The summed E-state index contributed by atoms with van der Waals surface area (Å²) in [7, 11) is 1.66. The Balaban J connectivity index is 2.03. The highest BCUT2D eigenvalue weighted by atomic mass is 16.5. The van der Waals surface area contributed by atoms with Crippen molar-refractivity contribution < 1.29 is 14.6 Å². The van der Waals surface area contributed by atoms with Crippen molar-refractivity contribution in [3.63, 3.8) is 0 Å². The fourth-order valence-corrected chi connectivity index (χ4v) is 2.04. The van der Waals surface area contributed by atoms with Crippen LogP contribution in [0.4, 0.5) is 0 Å². The first kappa shape index (κ1) is 18.0. The fraction of sp³-hybridized carbons (Fsp3) is 0.647. The van der Waals surface area contributed by atoms with E-state index in [9.17, 15) is 5.11 Å². The smallest absolute Gasteiger partial charge is 0.118 e. The summed E-state index contributed by atoms with van der Waals surface area (Å²) in [5.74, 6) is 0.857. The Morgan fingerprint density at radius 2 is 1.90 bits per heavy atom. The van der Waals surface area contributed by atoms with E-state index >= 15 is 0 Å². The van der Waals surface area contributed by atoms with E-state index in [0.717, 1.165) is 25.3 Å². The van der Waals surface area contributed by atoms with E-state index in [1.54, 1.807) is 7.11 Å². The van der Waals surface area contributed by atoms with Crippen LogP contribution in [0.2, 0.25) is 0 Å². The van der Waals surface area contributed by atoms with Crippen LogP contribution < -0.4 is 10.1 Å². The predicted octanol–water partition coefficient (Wildman–Crippen LogP) is 2.74. The number of aliphatic hydroxyl groups excluding tert-OH is 1. The molecule has 120 valence electrons. The first-order valence-corrected chi connectivity index (χ1v) is 7.85. The van der Waals surface area contributed by atoms with Gasteiger partial charge in [-0.2, -0.15) is 0 Å². The van der Waals surface area contributed by atoms with Crippen molar-refractivity contribution >= 4 is 0 Å². The number of methoxy groups -OCH3 is 1. The van der Waals surface area contributed by atoms with Crippen molar-refractivity contribution in [2.75, 3.05) is 26.9 Å². The van der Waals surface area contributed by atoms with Gasteiger partial charge in [0, 0.05) is 19.7 Å². The van der Waals surface area contributed by atoms with E-state index in [4.69, 9.17) is 9.47 Å². The summed E-state index contributed by atoms with van der Waals surface area (Å²) in [6.45, 7) is 4.62. The lowest BCUT2D eigenvalue weighted by Crippen LogP contribution is -2.30. The minimum atomic E-state index is -0.450. The van der Waals surface area contributed by atoms with Crippen LogP contribution >= 0.6 is 0 Å². The number of unbranched alkanes of at least 4 members (excludes halogenated alkanes) is 3. The third-order valence-electron chi connectivity index (χ3n) is 3.32. The largest absolute Gasteiger partial charge is 0.497 e. The molecule has 0 aliphatic heterocycles. The molecule has 4 heteroatoms. The molecule has 0 aliphatic carbocycles. The van der Waals surface area contributed by atoms with Gasteiger partial charge in [0.25, 0.3) is 0 Å². The zero-order chi connectivity index (χ0) is 15.3. The van der Waals surface area contributed by atoms with Gasteiger partial charge >= 0.3 is 0 Å². The molecule has 0 spiro atoms. The van der Waals surface area contributed by atoms with E-state index in [1.807, 2.05) is 24.3 Å². The third kappa shape index (κ3) is 8.71. The van der Waals surface area contributed by atoms with Crippen molar-refractivity contribution in [1.29, 1.82) is 0 Å². The summed E-state index contributed by atoms with van der Waals surface area (Å²) in [4.78, 5) is 0. The Hall–Kier alpha value is -1.10. The van der Waals surface area contributed by atoms with Crippen LogP contribution in [0.1, 0.15) is 38.2 Å². The molecule has 21 heavy (non-hydrogen) atoms. The minimum Gasteiger partial charge on any atom is -0.497 e. The quantitative estimate of drug-likeness (QED) is 0.582. The minimum absolute atomic E-state index is 0.405. The van der Waals surface area contributed by atoms with Gasteiger partial charge in [-0.3, -0.25) is 0 Å². The Labute approximate surface area is 128 Å². The molecule has 0 radical (unpaired) electrons. The molecule has 0 aromatic heterocycles. The van der Waals surface area contributed by atoms with Gasteiger partial charge in [0.1, 0.15) is 5.75 Å². The van der Waals surface area contributed by atoms with E-state index in [0.29, 0.717) is 13.2 Å². The zero-order valence-electron chi connectivity index (χ0n) is 13.3. The standard InChI is InChI=1S/C17H29NO3/c1-3-4-5-6-11-21-14-16(19)13-18-12-15-7-9-17(20-2)10-8-15/h7-10,16,18-19H,3-6,11-14H2,1-2H3. The molecule has 0 amide bonds. The van der Waals surface area contributed by atoms with Crippen molar-refractivity contribution in [1.82, 2.24) is 5.32 Å². The number of ether oxygens (including phenoxy) is 2. The van der Waals surface area contributed by atoms with Gasteiger partial charge in [-0.05, 0) is 24.1 Å². The zero-order valence-corrected chi connectivity index (χ0v) is 13.3. The fourth-order valence-electron chi connectivity index (χ4n) is 2.04. The second-order valence-electron chi connectivity index (χ2n) is 5.27. The molecule has 0 fully saturated rings. The number of nitrogens with one attached hydrogen (secondary N) is 1. The van der Waals surface area contributed by atoms with E-state index < -0.39 is 6.10 Å². The Morgan fingerprint density at radius 1 is 1.14 bits per heavy atom. The number of aliphatic hydroxyl groups is 1. The Morgan fingerprint density at radius 3 is 2.57 bits per heavy atom. The number of benzene rings is 1. The second kappa shape index (κ2) is 11.5. The number of rotatable bonds is 12. The van der Waals surface area contributed by atoms with Crippen LogP contribution in [0.3, 0.4) is 0 Å². The van der Waals surface area contributed by atoms with Crippen molar-refractivity contribution in [2.45, 2.75) is 45.3 Å². The van der Waals surface area contributed by atoms with Crippen LogP contribution in [-0.4, -0.2) is 38.1 Å². The van der Waals surface area contributed by atoms with E-state index in [-0.39, 0.29) is 0 Å². The summed E-state index contributed by atoms with van der Waals surface area (Å²) in [6.07, 6.45) is 4.34. The highest BCUT2D eigenvalue weighted by Crippen LogP contribution is 2.10. The third-order valence-corrected chi connectivity index (χ3v) is 3.32. The molecule has 1 aromatic carbocycles. The second-order valence-corrected chi connectivity index (χ2v) is 5.27. The van der Waals surface area contributed by atoms with Crippen LogP contribution in [0.15, 0.2) is 24.3 Å². The van der Waals surface area contributed by atoms with Gasteiger partial charge < -0.3 is 19.9 Å². The maximum atomic E-state index is 9.80. The maximum Gasteiger partial charge on any atom is 0.118 e. The molecule has 4 nitrogen and oxygen atoms in total. The molecule has 0 saturated carbocycles. The monoisotopic (exact) mass is 295 g/mol. The van der Waals surface area contributed by atoms with Crippen LogP contribution in [0, 0.1) is 0 Å². The number of hydrogen-bond acceptors (Lipinski definition) is 4. The normalized spacial score (nSPS) is 12.3. The predicted molar refractivity (Wildman–Crippen MR) is 85.7 cm³/mol.